The molecule has 4 fully saturated rings. The van der Waals surface area contributed by atoms with Crippen molar-refractivity contribution in [3.8, 4) is 0 Å². The van der Waals surface area contributed by atoms with E-state index in [-0.39, 0.29) is 0 Å². The third kappa shape index (κ3) is 2.07. The lowest BCUT2D eigenvalue weighted by atomic mass is 9.72. The number of carbonyl (C=O) groups excluding carboxylic acids is 1. The molecule has 3 heteroatoms. The van der Waals surface area contributed by atoms with Crippen LogP contribution >= 0.6 is 0 Å². The van der Waals surface area contributed by atoms with Gasteiger partial charge in [0.25, 0.3) is 0 Å². The topological polar surface area (TPSA) is 23.6 Å². The van der Waals surface area contributed by atoms with Gasteiger partial charge in [-0.2, -0.15) is 0 Å². The number of likely N-dealkylation sites (N-methyl/N-ethyl adjacent to an activating group) is 1. The molecule has 2 atom stereocenters. The third-order valence-corrected chi connectivity index (χ3v) is 5.32. The van der Waals surface area contributed by atoms with Gasteiger partial charge in [0.15, 0.2) is 0 Å². The quantitative estimate of drug-likeness (QED) is 0.711. The summed E-state index contributed by atoms with van der Waals surface area (Å²) >= 11 is 0. The van der Waals surface area contributed by atoms with Crippen LogP contribution in [0.1, 0.15) is 46.0 Å². The van der Waals surface area contributed by atoms with Crippen molar-refractivity contribution >= 4 is 5.91 Å². The first kappa shape index (κ1) is 12.5. The van der Waals surface area contributed by atoms with Gasteiger partial charge in [-0.05, 0) is 44.6 Å². The van der Waals surface area contributed by atoms with Crippen molar-refractivity contribution < 1.29 is 4.79 Å². The molecule has 4 rings (SSSR count). The van der Waals surface area contributed by atoms with Crippen molar-refractivity contribution in [3.63, 3.8) is 0 Å². The van der Waals surface area contributed by atoms with Crippen LogP contribution in [0.4, 0.5) is 0 Å². The van der Waals surface area contributed by atoms with Gasteiger partial charge >= 0.3 is 0 Å². The molecule has 0 aromatic heterocycles. The number of piperazine rings is 1. The van der Waals surface area contributed by atoms with Crippen LogP contribution in [0, 0.1) is 11.3 Å². The van der Waals surface area contributed by atoms with E-state index in [2.05, 4.69) is 30.7 Å². The van der Waals surface area contributed by atoms with E-state index in [0.717, 1.165) is 25.9 Å². The highest BCUT2D eigenvalue weighted by Crippen LogP contribution is 2.41. The zero-order valence-electron chi connectivity index (χ0n) is 12.0. The molecule has 2 unspecified atom stereocenters. The molecule has 18 heavy (non-hydrogen) atoms. The largest absolute Gasteiger partial charge is 0.334 e. The Morgan fingerprint density at radius 2 is 1.67 bits per heavy atom. The molecule has 1 aliphatic carbocycles. The predicted molar refractivity (Wildman–Crippen MR) is 72.3 cm³/mol. The number of piperidine rings is 1. The van der Waals surface area contributed by atoms with Crippen LogP contribution in [0.25, 0.3) is 0 Å². The summed E-state index contributed by atoms with van der Waals surface area (Å²) in [4.78, 5) is 17.2. The Hall–Kier alpha value is -0.570. The molecule has 102 valence electrons. The molecule has 0 N–H and O–H groups in total. The lowest BCUT2D eigenvalue weighted by Crippen LogP contribution is -2.70. The van der Waals surface area contributed by atoms with E-state index in [4.69, 9.17) is 0 Å². The minimum absolute atomic E-state index is 0.326. The van der Waals surface area contributed by atoms with E-state index in [1.165, 1.54) is 19.3 Å². The van der Waals surface area contributed by atoms with Gasteiger partial charge in [-0.25, -0.2) is 0 Å². The van der Waals surface area contributed by atoms with Crippen LogP contribution in [0.3, 0.4) is 0 Å². The molecular formula is C15H26N2O. The third-order valence-electron chi connectivity index (χ3n) is 5.32. The van der Waals surface area contributed by atoms with E-state index in [0.29, 0.717) is 29.3 Å². The van der Waals surface area contributed by atoms with Crippen molar-refractivity contribution in [2.45, 2.75) is 58.0 Å². The van der Waals surface area contributed by atoms with Gasteiger partial charge in [-0.3, -0.25) is 4.79 Å². The molecule has 0 aromatic rings. The second kappa shape index (κ2) is 4.22. The molecule has 0 radical (unpaired) electrons. The number of nitrogens with zero attached hydrogens (tertiary/aromatic N) is 2. The molecular weight excluding hydrogens is 224 g/mol. The first-order chi connectivity index (χ1) is 8.46. The first-order valence-electron chi connectivity index (χ1n) is 7.47. The molecule has 3 heterocycles. The standard InChI is InChI=1S/C15H26N2O/c1-15(2)6-4-11(5-7-15)14(18)17-12-8-13(17)10-16(3)9-12/h11-13H,4-10H2,1-3H3. The lowest BCUT2D eigenvalue weighted by Gasteiger charge is -2.56. The summed E-state index contributed by atoms with van der Waals surface area (Å²) in [7, 11) is 2.17. The van der Waals surface area contributed by atoms with Crippen molar-refractivity contribution in [2.24, 2.45) is 11.3 Å². The predicted octanol–water partition coefficient (Wildman–Crippen LogP) is 2.12. The maximum Gasteiger partial charge on any atom is 0.226 e. The number of hydrogen-bond donors (Lipinski definition) is 0. The highest BCUT2D eigenvalue weighted by Gasteiger charge is 2.48. The van der Waals surface area contributed by atoms with Crippen LogP contribution in [0.15, 0.2) is 0 Å². The lowest BCUT2D eigenvalue weighted by molar-refractivity contribution is -0.159. The van der Waals surface area contributed by atoms with E-state index in [1.807, 2.05) is 0 Å². The fourth-order valence-corrected chi connectivity index (χ4v) is 4.04. The van der Waals surface area contributed by atoms with Crippen LogP contribution in [0.2, 0.25) is 0 Å². The number of hydrogen-bond acceptors (Lipinski definition) is 2. The summed E-state index contributed by atoms with van der Waals surface area (Å²) in [5.41, 5.74) is 0.460. The Morgan fingerprint density at radius 1 is 1.11 bits per heavy atom. The van der Waals surface area contributed by atoms with Crippen LogP contribution in [-0.2, 0) is 4.79 Å². The van der Waals surface area contributed by atoms with Gasteiger partial charge < -0.3 is 9.80 Å². The van der Waals surface area contributed by atoms with E-state index in [9.17, 15) is 4.79 Å². The average molecular weight is 250 g/mol. The second-order valence-electron chi connectivity index (χ2n) is 7.45. The van der Waals surface area contributed by atoms with Crippen molar-refractivity contribution in [3.05, 3.63) is 0 Å². The van der Waals surface area contributed by atoms with Gasteiger partial charge in [0, 0.05) is 31.1 Å². The Kier molecular flexibility index (Phi) is 2.92. The monoisotopic (exact) mass is 250 g/mol. The second-order valence-corrected chi connectivity index (χ2v) is 7.45. The molecule has 4 aliphatic rings. The summed E-state index contributed by atoms with van der Waals surface area (Å²) in [6, 6.07) is 1.05. The fraction of sp³-hybridized carbons (Fsp3) is 0.933. The van der Waals surface area contributed by atoms with Gasteiger partial charge in [-0.1, -0.05) is 13.8 Å². The molecule has 1 amide bonds. The Morgan fingerprint density at radius 3 is 2.22 bits per heavy atom. The van der Waals surface area contributed by atoms with Crippen molar-refractivity contribution in [1.82, 2.24) is 9.80 Å². The van der Waals surface area contributed by atoms with E-state index in [1.54, 1.807) is 0 Å². The van der Waals surface area contributed by atoms with Gasteiger partial charge in [0.05, 0.1) is 0 Å². The highest BCUT2D eigenvalue weighted by atomic mass is 16.2. The van der Waals surface area contributed by atoms with E-state index < -0.39 is 0 Å². The fourth-order valence-electron chi connectivity index (χ4n) is 4.04. The molecule has 3 nitrogen and oxygen atoms in total. The number of carbonyl (C=O) groups is 1. The molecule has 3 saturated heterocycles. The highest BCUT2D eigenvalue weighted by molar-refractivity contribution is 5.80. The summed E-state index contributed by atoms with van der Waals surface area (Å²) in [5.74, 6) is 0.798. The normalized spacial score (nSPS) is 36.3. The maximum atomic E-state index is 12.6. The van der Waals surface area contributed by atoms with Crippen LogP contribution in [-0.4, -0.2) is 47.9 Å². The molecule has 1 saturated carbocycles. The zero-order chi connectivity index (χ0) is 12.9. The SMILES string of the molecule is CN1CC2CC(C1)N2C(=O)C1CCC(C)(C)CC1. The van der Waals surface area contributed by atoms with Crippen molar-refractivity contribution in [1.29, 1.82) is 0 Å². The van der Waals surface area contributed by atoms with E-state index >= 15 is 0 Å². The van der Waals surface area contributed by atoms with Gasteiger partial charge in [-0.15, -0.1) is 0 Å². The minimum Gasteiger partial charge on any atom is -0.334 e. The molecule has 0 aromatic carbocycles. The smallest absolute Gasteiger partial charge is 0.226 e. The Bertz CT molecular complexity index is 330. The first-order valence-corrected chi connectivity index (χ1v) is 7.47. The van der Waals surface area contributed by atoms with Gasteiger partial charge in [0.1, 0.15) is 0 Å². The number of rotatable bonds is 1. The summed E-state index contributed by atoms with van der Waals surface area (Å²) in [6.07, 6.45) is 5.89. The summed E-state index contributed by atoms with van der Waals surface area (Å²) < 4.78 is 0. The number of fused-ring (bicyclic) bond motifs is 2. The molecule has 2 bridgehead atoms. The minimum atomic E-state index is 0.326. The summed E-state index contributed by atoms with van der Waals surface area (Å²) in [5, 5.41) is 0. The average Bonchev–Trinajstić information content (AvgIpc) is 2.28. The molecule has 0 spiro atoms. The Balaban J connectivity index is 1.60. The van der Waals surface area contributed by atoms with Crippen molar-refractivity contribution in [2.75, 3.05) is 20.1 Å². The van der Waals surface area contributed by atoms with Crippen LogP contribution in [0.5, 0.6) is 0 Å². The number of amides is 1. The summed E-state index contributed by atoms with van der Waals surface area (Å²) in [6.45, 7) is 6.84. The molecule has 3 aliphatic heterocycles. The Labute approximate surface area is 111 Å². The van der Waals surface area contributed by atoms with Gasteiger partial charge in [0.2, 0.25) is 5.91 Å². The zero-order valence-corrected chi connectivity index (χ0v) is 12.0. The maximum absolute atomic E-state index is 12.6. The van der Waals surface area contributed by atoms with Crippen LogP contribution < -0.4 is 0 Å².